The van der Waals surface area contributed by atoms with E-state index in [9.17, 15) is 21.6 Å². The zero-order valence-electron chi connectivity index (χ0n) is 10.6. The molecule has 1 rings (SSSR count). The van der Waals surface area contributed by atoms with E-state index in [2.05, 4.69) is 4.72 Å². The minimum absolute atomic E-state index is 0.0287. The zero-order valence-corrected chi connectivity index (χ0v) is 12.2. The predicted octanol–water partition coefficient (Wildman–Crippen LogP) is -1.20. The van der Waals surface area contributed by atoms with Gasteiger partial charge in [0.1, 0.15) is 9.84 Å². The van der Waals surface area contributed by atoms with Gasteiger partial charge in [-0.05, 0) is 12.8 Å². The van der Waals surface area contributed by atoms with Crippen LogP contribution in [0.1, 0.15) is 19.3 Å². The number of carbonyl (C=O) groups is 1. The predicted molar refractivity (Wildman–Crippen MR) is 68.6 cm³/mol. The van der Waals surface area contributed by atoms with Gasteiger partial charge in [-0.15, -0.1) is 0 Å². The molecule has 0 aromatic heterocycles. The largest absolute Gasteiger partial charge is 0.481 e. The molecule has 0 aliphatic carbocycles. The molecule has 10 heteroatoms. The van der Waals surface area contributed by atoms with E-state index in [1.165, 1.54) is 7.05 Å². The number of nitrogens with zero attached hydrogens (tertiary/aromatic N) is 1. The Balaban J connectivity index is 2.53. The normalized spacial score (nSPS) is 20.5. The van der Waals surface area contributed by atoms with Gasteiger partial charge in [0, 0.05) is 19.6 Å². The standard InChI is InChI=1S/C9H18N2O6S2/c1-11(5-2-9(12)13)19(16,17)10-8-3-6-18(14,15)7-4-8/h8,10H,2-7H2,1H3,(H,12,13). The summed E-state index contributed by atoms with van der Waals surface area (Å²) in [6.07, 6.45) is 0.207. The average Bonchev–Trinajstić information content (AvgIpc) is 2.28. The lowest BCUT2D eigenvalue weighted by Gasteiger charge is -2.25. The van der Waals surface area contributed by atoms with Crippen LogP contribution in [0.3, 0.4) is 0 Å². The van der Waals surface area contributed by atoms with Crippen molar-refractivity contribution in [2.45, 2.75) is 25.3 Å². The molecule has 1 saturated heterocycles. The number of aliphatic carboxylic acids is 1. The van der Waals surface area contributed by atoms with Crippen LogP contribution >= 0.6 is 0 Å². The van der Waals surface area contributed by atoms with E-state index >= 15 is 0 Å². The summed E-state index contributed by atoms with van der Waals surface area (Å²) < 4.78 is 49.4. The number of carboxylic acid groups (broad SMARTS) is 1. The van der Waals surface area contributed by atoms with Crippen LogP contribution in [-0.2, 0) is 24.8 Å². The SMILES string of the molecule is CN(CCC(=O)O)S(=O)(=O)NC1CCS(=O)(=O)CC1. The molecule has 0 aromatic rings. The summed E-state index contributed by atoms with van der Waals surface area (Å²) in [5.41, 5.74) is 0. The van der Waals surface area contributed by atoms with Gasteiger partial charge in [0.15, 0.2) is 0 Å². The molecule has 0 spiro atoms. The van der Waals surface area contributed by atoms with Gasteiger partial charge in [0.25, 0.3) is 10.2 Å². The van der Waals surface area contributed by atoms with E-state index in [4.69, 9.17) is 5.11 Å². The highest BCUT2D eigenvalue weighted by atomic mass is 32.2. The third kappa shape index (κ3) is 5.43. The van der Waals surface area contributed by atoms with E-state index in [1.807, 2.05) is 0 Å². The highest BCUT2D eigenvalue weighted by Crippen LogP contribution is 2.13. The maximum Gasteiger partial charge on any atom is 0.304 e. The molecule has 8 nitrogen and oxygen atoms in total. The molecule has 0 unspecified atom stereocenters. The first kappa shape index (κ1) is 16.3. The molecular formula is C9H18N2O6S2. The van der Waals surface area contributed by atoms with Crippen LogP contribution in [0.2, 0.25) is 0 Å². The van der Waals surface area contributed by atoms with E-state index in [0.29, 0.717) is 0 Å². The summed E-state index contributed by atoms with van der Waals surface area (Å²) >= 11 is 0. The van der Waals surface area contributed by atoms with Gasteiger partial charge < -0.3 is 5.11 Å². The van der Waals surface area contributed by atoms with Gasteiger partial charge in [-0.25, -0.2) is 8.42 Å². The first-order chi connectivity index (χ1) is 8.62. The Bertz CT molecular complexity index is 513. The first-order valence-electron chi connectivity index (χ1n) is 5.78. The minimum Gasteiger partial charge on any atom is -0.481 e. The molecular weight excluding hydrogens is 296 g/mol. The molecule has 0 atom stereocenters. The summed E-state index contributed by atoms with van der Waals surface area (Å²) in [5.74, 6) is -1.14. The van der Waals surface area contributed by atoms with Crippen molar-refractivity contribution in [3.8, 4) is 0 Å². The highest BCUT2D eigenvalue weighted by Gasteiger charge is 2.28. The number of rotatable bonds is 6. The molecule has 0 aromatic carbocycles. The molecule has 0 radical (unpaired) electrons. The molecule has 0 saturated carbocycles. The minimum atomic E-state index is -3.77. The number of hydrogen-bond acceptors (Lipinski definition) is 5. The molecule has 1 aliphatic rings. The van der Waals surface area contributed by atoms with Crippen LogP contribution in [0.5, 0.6) is 0 Å². The fraction of sp³-hybridized carbons (Fsp3) is 0.889. The number of sulfone groups is 1. The van der Waals surface area contributed by atoms with Crippen LogP contribution in [0, 0.1) is 0 Å². The van der Waals surface area contributed by atoms with Crippen molar-refractivity contribution >= 4 is 26.0 Å². The van der Waals surface area contributed by atoms with Crippen molar-refractivity contribution < 1.29 is 26.7 Å². The van der Waals surface area contributed by atoms with Crippen molar-refractivity contribution in [2.24, 2.45) is 0 Å². The van der Waals surface area contributed by atoms with Crippen LogP contribution in [0.4, 0.5) is 0 Å². The number of carboxylic acids is 1. The molecule has 112 valence electrons. The second kappa shape index (κ2) is 6.16. The number of hydrogen-bond donors (Lipinski definition) is 2. The van der Waals surface area contributed by atoms with Crippen LogP contribution < -0.4 is 4.72 Å². The van der Waals surface area contributed by atoms with Crippen LogP contribution in [-0.4, -0.2) is 63.4 Å². The number of nitrogens with one attached hydrogen (secondary N) is 1. The zero-order chi connectivity index (χ0) is 14.7. The Kier molecular flexibility index (Phi) is 5.30. The third-order valence-corrected chi connectivity index (χ3v) is 6.27. The monoisotopic (exact) mass is 314 g/mol. The van der Waals surface area contributed by atoms with Crippen molar-refractivity contribution in [3.63, 3.8) is 0 Å². The Morgan fingerprint density at radius 3 is 2.37 bits per heavy atom. The molecule has 1 fully saturated rings. The van der Waals surface area contributed by atoms with Crippen molar-refractivity contribution in [2.75, 3.05) is 25.1 Å². The molecule has 19 heavy (non-hydrogen) atoms. The van der Waals surface area contributed by atoms with E-state index < -0.39 is 32.1 Å². The van der Waals surface area contributed by atoms with Gasteiger partial charge in [0.2, 0.25) is 0 Å². The third-order valence-electron chi connectivity index (χ3n) is 2.92. The van der Waals surface area contributed by atoms with Gasteiger partial charge in [-0.3, -0.25) is 4.79 Å². The molecule has 0 amide bonds. The van der Waals surface area contributed by atoms with Gasteiger partial charge in [0.05, 0.1) is 17.9 Å². The van der Waals surface area contributed by atoms with Gasteiger partial charge in [-0.2, -0.15) is 17.4 Å². The Hall–Kier alpha value is -0.710. The van der Waals surface area contributed by atoms with Gasteiger partial charge in [-0.1, -0.05) is 0 Å². The highest BCUT2D eigenvalue weighted by molar-refractivity contribution is 7.91. The summed E-state index contributed by atoms with van der Waals surface area (Å²) in [6.45, 7) is -0.129. The smallest absolute Gasteiger partial charge is 0.304 e. The second-order valence-electron chi connectivity index (χ2n) is 4.51. The maximum atomic E-state index is 11.8. The van der Waals surface area contributed by atoms with E-state index in [0.717, 1.165) is 4.31 Å². The Morgan fingerprint density at radius 1 is 1.37 bits per heavy atom. The van der Waals surface area contributed by atoms with Crippen LogP contribution in [0.15, 0.2) is 0 Å². The summed E-state index contributed by atoms with van der Waals surface area (Å²) in [7, 11) is -5.52. The average molecular weight is 314 g/mol. The van der Waals surface area contributed by atoms with Crippen LogP contribution in [0.25, 0.3) is 0 Å². The van der Waals surface area contributed by atoms with Crippen molar-refractivity contribution in [3.05, 3.63) is 0 Å². The Labute approximate surface area is 112 Å². The maximum absolute atomic E-state index is 11.8. The van der Waals surface area contributed by atoms with E-state index in [-0.39, 0.29) is 37.3 Å². The summed E-state index contributed by atoms with van der Waals surface area (Å²) in [5, 5.41) is 8.50. The fourth-order valence-electron chi connectivity index (χ4n) is 1.68. The lowest BCUT2D eigenvalue weighted by molar-refractivity contribution is -0.137. The lowest BCUT2D eigenvalue weighted by Crippen LogP contribution is -2.47. The van der Waals surface area contributed by atoms with E-state index in [1.54, 1.807) is 0 Å². The molecule has 1 aliphatic heterocycles. The summed E-state index contributed by atoms with van der Waals surface area (Å²) in [4.78, 5) is 10.4. The fourth-order valence-corrected chi connectivity index (χ4v) is 4.34. The lowest BCUT2D eigenvalue weighted by atomic mass is 10.2. The van der Waals surface area contributed by atoms with Gasteiger partial charge >= 0.3 is 5.97 Å². The molecule has 1 heterocycles. The molecule has 2 N–H and O–H groups in total. The molecule has 0 bridgehead atoms. The summed E-state index contributed by atoms with van der Waals surface area (Å²) in [6, 6.07) is -0.416. The van der Waals surface area contributed by atoms with Crippen molar-refractivity contribution in [1.82, 2.24) is 9.03 Å². The van der Waals surface area contributed by atoms with Crippen molar-refractivity contribution in [1.29, 1.82) is 0 Å². The quantitative estimate of drug-likeness (QED) is 0.635. The first-order valence-corrected chi connectivity index (χ1v) is 9.04. The second-order valence-corrected chi connectivity index (χ2v) is 8.63. The Morgan fingerprint density at radius 2 is 1.89 bits per heavy atom. The topological polar surface area (TPSA) is 121 Å².